The number of carboxylic acid groups (broad SMARTS) is 1. The molecule has 7 heteroatoms. The maximum atomic E-state index is 12.1. The fourth-order valence-electron chi connectivity index (χ4n) is 1.87. The number of ether oxygens (including phenoxy) is 3. The highest BCUT2D eigenvalue weighted by molar-refractivity contribution is 6.32. The average Bonchev–Trinajstić information content (AvgIpc) is 2.52. The highest BCUT2D eigenvalue weighted by Gasteiger charge is 2.25. The van der Waals surface area contributed by atoms with E-state index >= 15 is 0 Å². The maximum Gasteiger partial charge on any atom is 0.334 e. The van der Waals surface area contributed by atoms with Gasteiger partial charge in [0.15, 0.2) is 0 Å². The highest BCUT2D eigenvalue weighted by atomic mass is 35.5. The third-order valence-electron chi connectivity index (χ3n) is 3.16. The molecule has 6 nitrogen and oxygen atoms in total. The second-order valence-corrected chi connectivity index (χ2v) is 5.02. The molecule has 1 unspecified atom stereocenters. The standard InChI is InChI=1S/C16H19ClO6/c1-5-23-16(20)11(9(2)15(18)19)6-10-7-14(22-4)12(17)8-13(10)21-3/h6-9H,5H2,1-4H3,(H,18,19)/b11-6+. The molecule has 0 aliphatic heterocycles. The van der Waals surface area contributed by atoms with Crippen molar-refractivity contribution in [2.75, 3.05) is 20.8 Å². The number of rotatable bonds is 7. The summed E-state index contributed by atoms with van der Waals surface area (Å²) in [6.45, 7) is 3.20. The summed E-state index contributed by atoms with van der Waals surface area (Å²) in [5.41, 5.74) is 0.465. The molecule has 0 heterocycles. The molecule has 0 fully saturated rings. The first-order chi connectivity index (χ1) is 10.8. The van der Waals surface area contributed by atoms with Gasteiger partial charge in [-0.2, -0.15) is 0 Å². The zero-order valence-corrected chi connectivity index (χ0v) is 14.1. The minimum Gasteiger partial charge on any atom is -0.496 e. The molecule has 0 bridgehead atoms. The molecule has 1 aromatic carbocycles. The number of carbonyl (C=O) groups is 2. The van der Waals surface area contributed by atoms with Crippen LogP contribution in [0, 0.1) is 5.92 Å². The number of carboxylic acids is 1. The number of halogens is 1. The molecule has 1 rings (SSSR count). The molecule has 0 aromatic heterocycles. The van der Waals surface area contributed by atoms with Gasteiger partial charge in [0, 0.05) is 11.6 Å². The van der Waals surface area contributed by atoms with E-state index in [9.17, 15) is 14.7 Å². The Kier molecular flexibility index (Phi) is 6.90. The Morgan fingerprint density at radius 2 is 1.87 bits per heavy atom. The molecule has 126 valence electrons. The van der Waals surface area contributed by atoms with E-state index in [2.05, 4.69) is 0 Å². The molecule has 0 saturated heterocycles. The quantitative estimate of drug-likeness (QED) is 0.606. The van der Waals surface area contributed by atoms with Crippen LogP contribution >= 0.6 is 11.6 Å². The van der Waals surface area contributed by atoms with Gasteiger partial charge in [-0.1, -0.05) is 11.6 Å². The van der Waals surface area contributed by atoms with E-state index in [-0.39, 0.29) is 12.2 Å². The van der Waals surface area contributed by atoms with Crippen molar-refractivity contribution in [1.82, 2.24) is 0 Å². The number of methoxy groups -OCH3 is 2. The van der Waals surface area contributed by atoms with Gasteiger partial charge in [-0.25, -0.2) is 4.79 Å². The number of esters is 1. The summed E-state index contributed by atoms with van der Waals surface area (Å²) in [5.74, 6) is -2.11. The molecule has 0 radical (unpaired) electrons. The van der Waals surface area contributed by atoms with Gasteiger partial charge in [-0.3, -0.25) is 4.79 Å². The molecule has 1 atom stereocenters. The highest BCUT2D eigenvalue weighted by Crippen LogP contribution is 2.34. The van der Waals surface area contributed by atoms with E-state index in [1.165, 1.54) is 33.3 Å². The predicted molar refractivity (Wildman–Crippen MR) is 86.0 cm³/mol. The van der Waals surface area contributed by atoms with Crippen molar-refractivity contribution in [3.8, 4) is 11.5 Å². The van der Waals surface area contributed by atoms with Crippen LogP contribution in [0.2, 0.25) is 5.02 Å². The lowest BCUT2D eigenvalue weighted by Crippen LogP contribution is -2.20. The third-order valence-corrected chi connectivity index (χ3v) is 3.46. The minimum atomic E-state index is -1.14. The van der Waals surface area contributed by atoms with Gasteiger partial charge in [0.2, 0.25) is 0 Å². The second kappa shape index (κ2) is 8.43. The summed E-state index contributed by atoms with van der Waals surface area (Å²) in [4.78, 5) is 23.3. The van der Waals surface area contributed by atoms with Crippen LogP contribution in [0.1, 0.15) is 19.4 Å². The second-order valence-electron chi connectivity index (χ2n) is 4.61. The Labute approximate surface area is 139 Å². The van der Waals surface area contributed by atoms with Crippen LogP contribution in [0.3, 0.4) is 0 Å². The first kappa shape index (κ1) is 18.8. The molecular formula is C16H19ClO6. The van der Waals surface area contributed by atoms with Crippen molar-refractivity contribution < 1.29 is 28.9 Å². The van der Waals surface area contributed by atoms with Crippen LogP contribution in [-0.2, 0) is 14.3 Å². The number of hydrogen-bond acceptors (Lipinski definition) is 5. The van der Waals surface area contributed by atoms with Gasteiger partial charge in [-0.05, 0) is 26.0 Å². The predicted octanol–water partition coefficient (Wildman–Crippen LogP) is 3.02. The van der Waals surface area contributed by atoms with Crippen molar-refractivity contribution in [3.63, 3.8) is 0 Å². The van der Waals surface area contributed by atoms with E-state index < -0.39 is 17.9 Å². The van der Waals surface area contributed by atoms with Crippen LogP contribution in [0.25, 0.3) is 6.08 Å². The number of hydrogen-bond donors (Lipinski definition) is 1. The lowest BCUT2D eigenvalue weighted by atomic mass is 9.98. The van der Waals surface area contributed by atoms with Crippen LogP contribution in [0.15, 0.2) is 17.7 Å². The molecule has 0 saturated carbocycles. The summed E-state index contributed by atoms with van der Waals surface area (Å²) < 4.78 is 15.3. The van der Waals surface area contributed by atoms with Crippen LogP contribution in [-0.4, -0.2) is 37.9 Å². The van der Waals surface area contributed by atoms with Gasteiger partial charge in [0.25, 0.3) is 0 Å². The normalized spacial score (nSPS) is 12.5. The van der Waals surface area contributed by atoms with Crippen molar-refractivity contribution in [2.24, 2.45) is 5.92 Å². The fraction of sp³-hybridized carbons (Fsp3) is 0.375. The molecule has 1 aromatic rings. The van der Waals surface area contributed by atoms with Gasteiger partial charge >= 0.3 is 11.9 Å². The van der Waals surface area contributed by atoms with Crippen LogP contribution < -0.4 is 9.47 Å². The molecule has 0 amide bonds. The van der Waals surface area contributed by atoms with E-state index in [0.29, 0.717) is 22.1 Å². The third kappa shape index (κ3) is 4.63. The summed E-state index contributed by atoms with van der Waals surface area (Å²) >= 11 is 6.03. The van der Waals surface area contributed by atoms with Gasteiger partial charge < -0.3 is 19.3 Å². The van der Waals surface area contributed by atoms with Gasteiger partial charge in [-0.15, -0.1) is 0 Å². The first-order valence-corrected chi connectivity index (χ1v) is 7.26. The van der Waals surface area contributed by atoms with Crippen LogP contribution in [0.4, 0.5) is 0 Å². The van der Waals surface area contributed by atoms with Gasteiger partial charge in [0.1, 0.15) is 11.5 Å². The molecule has 23 heavy (non-hydrogen) atoms. The number of benzene rings is 1. The largest absolute Gasteiger partial charge is 0.496 e. The summed E-state index contributed by atoms with van der Waals surface area (Å²) in [6, 6.07) is 3.09. The Morgan fingerprint density at radius 3 is 2.35 bits per heavy atom. The van der Waals surface area contributed by atoms with E-state index in [0.717, 1.165) is 0 Å². The lowest BCUT2D eigenvalue weighted by molar-refractivity contribution is -0.145. The van der Waals surface area contributed by atoms with Crippen molar-refractivity contribution in [2.45, 2.75) is 13.8 Å². The van der Waals surface area contributed by atoms with E-state index in [1.807, 2.05) is 0 Å². The van der Waals surface area contributed by atoms with Crippen molar-refractivity contribution in [3.05, 3.63) is 28.3 Å². The molecule has 0 aliphatic carbocycles. The van der Waals surface area contributed by atoms with Crippen molar-refractivity contribution >= 4 is 29.6 Å². The maximum absolute atomic E-state index is 12.1. The zero-order valence-electron chi connectivity index (χ0n) is 13.4. The molecule has 0 aliphatic rings. The lowest BCUT2D eigenvalue weighted by Gasteiger charge is -2.14. The van der Waals surface area contributed by atoms with E-state index in [1.54, 1.807) is 13.0 Å². The van der Waals surface area contributed by atoms with Gasteiger partial charge in [0.05, 0.1) is 37.3 Å². The summed E-state index contributed by atoms with van der Waals surface area (Å²) in [5, 5.41) is 9.53. The number of carbonyl (C=O) groups excluding carboxylic acids is 1. The number of aliphatic carboxylic acids is 1. The zero-order chi connectivity index (χ0) is 17.6. The Balaban J connectivity index is 3.45. The Bertz CT molecular complexity index is 623. The molecular weight excluding hydrogens is 324 g/mol. The smallest absolute Gasteiger partial charge is 0.334 e. The first-order valence-electron chi connectivity index (χ1n) is 6.88. The summed E-state index contributed by atoms with van der Waals surface area (Å²) in [7, 11) is 2.90. The topological polar surface area (TPSA) is 82.1 Å². The Morgan fingerprint density at radius 1 is 1.26 bits per heavy atom. The summed E-state index contributed by atoms with van der Waals surface area (Å²) in [6.07, 6.45) is 1.41. The van der Waals surface area contributed by atoms with Crippen LogP contribution in [0.5, 0.6) is 11.5 Å². The average molecular weight is 343 g/mol. The minimum absolute atomic E-state index is 0.00188. The molecule has 0 spiro atoms. The fourth-order valence-corrected chi connectivity index (χ4v) is 2.10. The van der Waals surface area contributed by atoms with Crippen molar-refractivity contribution in [1.29, 1.82) is 0 Å². The monoisotopic (exact) mass is 342 g/mol. The molecule has 1 N–H and O–H groups in total. The SMILES string of the molecule is CCOC(=O)/C(=C/c1cc(OC)c(Cl)cc1OC)C(C)C(=O)O. The Hall–Kier alpha value is -2.21. The van der Waals surface area contributed by atoms with E-state index in [4.69, 9.17) is 25.8 Å².